The molecule has 4 nitrogen and oxygen atoms in total. The van der Waals surface area contributed by atoms with Crippen molar-refractivity contribution in [2.24, 2.45) is 5.92 Å². The van der Waals surface area contributed by atoms with Gasteiger partial charge in [-0.25, -0.2) is 12.8 Å². The molecule has 1 aromatic carbocycles. The molecule has 1 amide bonds. The number of hydrogen-bond donors (Lipinski definition) is 0. The summed E-state index contributed by atoms with van der Waals surface area (Å²) in [7, 11) is 1.54. The van der Waals surface area contributed by atoms with Crippen LogP contribution in [0, 0.1) is 11.7 Å². The van der Waals surface area contributed by atoms with Crippen molar-refractivity contribution in [1.29, 1.82) is 0 Å². The average molecular weight is 292 g/mol. The molecule has 98 valence electrons. The molecule has 0 saturated carbocycles. The van der Waals surface area contributed by atoms with Gasteiger partial charge in [-0.1, -0.05) is 6.07 Å². The van der Waals surface area contributed by atoms with E-state index < -0.39 is 14.9 Å². The Kier molecular flexibility index (Phi) is 3.59. The van der Waals surface area contributed by atoms with Gasteiger partial charge in [0.2, 0.25) is 15.0 Å². The van der Waals surface area contributed by atoms with Crippen molar-refractivity contribution < 1.29 is 17.6 Å². The van der Waals surface area contributed by atoms with E-state index in [4.69, 9.17) is 10.7 Å². The van der Waals surface area contributed by atoms with Gasteiger partial charge in [-0.15, -0.1) is 0 Å². The molecule has 1 aromatic rings. The van der Waals surface area contributed by atoms with Gasteiger partial charge in [0.1, 0.15) is 5.82 Å². The van der Waals surface area contributed by atoms with Crippen molar-refractivity contribution >= 4 is 31.3 Å². The van der Waals surface area contributed by atoms with Crippen LogP contribution in [0.1, 0.15) is 6.42 Å². The summed E-state index contributed by atoms with van der Waals surface area (Å²) in [5, 5.41) is 0. The molecule has 0 radical (unpaired) electrons. The Morgan fingerprint density at radius 3 is 2.78 bits per heavy atom. The smallest absolute Gasteiger partial charge is 0.232 e. The van der Waals surface area contributed by atoms with E-state index in [-0.39, 0.29) is 30.5 Å². The lowest BCUT2D eigenvalue weighted by Gasteiger charge is -2.16. The van der Waals surface area contributed by atoms with E-state index in [1.165, 1.54) is 23.1 Å². The van der Waals surface area contributed by atoms with Crippen molar-refractivity contribution in [3.63, 3.8) is 0 Å². The highest BCUT2D eigenvalue weighted by Gasteiger charge is 2.33. The first kappa shape index (κ1) is 13.3. The average Bonchev–Trinajstić information content (AvgIpc) is 2.56. The summed E-state index contributed by atoms with van der Waals surface area (Å²) in [6, 6.07) is 5.64. The number of hydrogen-bond acceptors (Lipinski definition) is 3. The van der Waals surface area contributed by atoms with E-state index in [9.17, 15) is 17.6 Å². The molecule has 1 unspecified atom stereocenters. The zero-order chi connectivity index (χ0) is 13.3. The highest BCUT2D eigenvalue weighted by atomic mass is 35.7. The van der Waals surface area contributed by atoms with E-state index in [1.54, 1.807) is 6.07 Å². The van der Waals surface area contributed by atoms with Crippen molar-refractivity contribution in [2.45, 2.75) is 6.42 Å². The maximum Gasteiger partial charge on any atom is 0.232 e. The Morgan fingerprint density at radius 2 is 2.17 bits per heavy atom. The van der Waals surface area contributed by atoms with Gasteiger partial charge in [0.15, 0.2) is 0 Å². The van der Waals surface area contributed by atoms with E-state index in [2.05, 4.69) is 0 Å². The van der Waals surface area contributed by atoms with Gasteiger partial charge in [-0.3, -0.25) is 4.79 Å². The second kappa shape index (κ2) is 4.85. The molecule has 1 aliphatic rings. The quantitative estimate of drug-likeness (QED) is 0.797. The van der Waals surface area contributed by atoms with Gasteiger partial charge in [-0.2, -0.15) is 0 Å². The standard InChI is InChI=1S/C11H11ClFNO3S/c12-18(16,17)7-8-4-11(15)14(6-8)10-3-1-2-9(13)5-10/h1-3,5,8H,4,6-7H2. The van der Waals surface area contributed by atoms with E-state index >= 15 is 0 Å². The first-order valence-electron chi connectivity index (χ1n) is 5.33. The van der Waals surface area contributed by atoms with Gasteiger partial charge in [0.05, 0.1) is 5.75 Å². The van der Waals surface area contributed by atoms with Gasteiger partial charge in [0.25, 0.3) is 0 Å². The lowest BCUT2D eigenvalue weighted by atomic mass is 10.1. The van der Waals surface area contributed by atoms with E-state index in [0.717, 1.165) is 0 Å². The summed E-state index contributed by atoms with van der Waals surface area (Å²) in [5.41, 5.74) is 0.439. The molecule has 0 N–H and O–H groups in total. The molecule has 0 aliphatic carbocycles. The van der Waals surface area contributed by atoms with Crippen LogP contribution in [-0.2, 0) is 13.8 Å². The van der Waals surface area contributed by atoms with Crippen molar-refractivity contribution in [2.75, 3.05) is 17.2 Å². The molecule has 1 heterocycles. The fourth-order valence-electron chi connectivity index (χ4n) is 2.07. The van der Waals surface area contributed by atoms with Gasteiger partial charge in [-0.05, 0) is 18.2 Å². The van der Waals surface area contributed by atoms with Crippen LogP contribution in [0.3, 0.4) is 0 Å². The Bertz CT molecular complexity index is 575. The Hall–Kier alpha value is -1.14. The summed E-state index contributed by atoms with van der Waals surface area (Å²) in [6.07, 6.45) is 0.114. The predicted octanol–water partition coefficient (Wildman–Crippen LogP) is 1.75. The highest BCUT2D eigenvalue weighted by Crippen LogP contribution is 2.26. The van der Waals surface area contributed by atoms with Crippen molar-refractivity contribution in [1.82, 2.24) is 0 Å². The molecule has 0 aromatic heterocycles. The number of rotatable bonds is 3. The van der Waals surface area contributed by atoms with Crippen LogP contribution in [0.2, 0.25) is 0 Å². The van der Waals surface area contributed by atoms with Gasteiger partial charge in [0, 0.05) is 35.3 Å². The normalized spacial score (nSPS) is 20.4. The molecule has 2 rings (SSSR count). The predicted molar refractivity (Wildman–Crippen MR) is 66.5 cm³/mol. The minimum atomic E-state index is -3.63. The summed E-state index contributed by atoms with van der Waals surface area (Å²) >= 11 is 0. The monoisotopic (exact) mass is 291 g/mol. The largest absolute Gasteiger partial charge is 0.312 e. The van der Waals surface area contributed by atoms with Crippen LogP contribution in [0.4, 0.5) is 10.1 Å². The number of halogens is 2. The molecule has 18 heavy (non-hydrogen) atoms. The number of amides is 1. The van der Waals surface area contributed by atoms with Crippen LogP contribution in [0.5, 0.6) is 0 Å². The lowest BCUT2D eigenvalue weighted by molar-refractivity contribution is -0.117. The first-order chi connectivity index (χ1) is 8.35. The minimum absolute atomic E-state index is 0.114. The lowest BCUT2D eigenvalue weighted by Crippen LogP contribution is -2.25. The Morgan fingerprint density at radius 1 is 1.44 bits per heavy atom. The molecule has 0 bridgehead atoms. The third kappa shape index (κ3) is 3.20. The molecule has 1 fully saturated rings. The minimum Gasteiger partial charge on any atom is -0.312 e. The van der Waals surface area contributed by atoms with Crippen LogP contribution >= 0.6 is 10.7 Å². The Balaban J connectivity index is 2.15. The van der Waals surface area contributed by atoms with Crippen LogP contribution < -0.4 is 4.90 Å². The molecule has 1 saturated heterocycles. The second-order valence-electron chi connectivity index (χ2n) is 4.26. The molecular formula is C11H11ClFNO3S. The summed E-state index contributed by atoms with van der Waals surface area (Å²) in [6.45, 7) is 0.244. The van der Waals surface area contributed by atoms with Crippen LogP contribution in [0.15, 0.2) is 24.3 Å². The van der Waals surface area contributed by atoms with Crippen LogP contribution in [0.25, 0.3) is 0 Å². The number of anilines is 1. The summed E-state index contributed by atoms with van der Waals surface area (Å²) in [5.74, 6) is -1.24. The zero-order valence-electron chi connectivity index (χ0n) is 9.34. The van der Waals surface area contributed by atoms with Crippen molar-refractivity contribution in [3.8, 4) is 0 Å². The number of benzene rings is 1. The second-order valence-corrected chi connectivity index (χ2v) is 7.08. The van der Waals surface area contributed by atoms with Gasteiger partial charge >= 0.3 is 0 Å². The topological polar surface area (TPSA) is 54.5 Å². The summed E-state index contributed by atoms with van der Waals surface area (Å²) in [4.78, 5) is 13.1. The highest BCUT2D eigenvalue weighted by molar-refractivity contribution is 8.13. The molecule has 1 atom stereocenters. The maximum absolute atomic E-state index is 13.1. The first-order valence-corrected chi connectivity index (χ1v) is 7.81. The number of carbonyl (C=O) groups is 1. The third-order valence-electron chi connectivity index (χ3n) is 2.76. The Labute approximate surface area is 109 Å². The van der Waals surface area contributed by atoms with E-state index in [0.29, 0.717) is 5.69 Å². The molecule has 1 aliphatic heterocycles. The van der Waals surface area contributed by atoms with Crippen LogP contribution in [-0.4, -0.2) is 26.6 Å². The third-order valence-corrected chi connectivity index (χ3v) is 4.01. The van der Waals surface area contributed by atoms with E-state index in [1.807, 2.05) is 0 Å². The SMILES string of the molecule is O=C1CC(CS(=O)(=O)Cl)CN1c1cccc(F)c1. The summed E-state index contributed by atoms with van der Waals surface area (Å²) < 4.78 is 35.0. The van der Waals surface area contributed by atoms with Crippen molar-refractivity contribution in [3.05, 3.63) is 30.1 Å². The molecule has 7 heteroatoms. The number of carbonyl (C=O) groups excluding carboxylic acids is 1. The molecular weight excluding hydrogens is 281 g/mol. The maximum atomic E-state index is 13.1. The fourth-order valence-corrected chi connectivity index (χ4v) is 3.39. The fraction of sp³-hybridized carbons (Fsp3) is 0.364. The zero-order valence-corrected chi connectivity index (χ0v) is 10.9. The van der Waals surface area contributed by atoms with Gasteiger partial charge < -0.3 is 4.90 Å². The molecule has 0 spiro atoms. The number of nitrogens with zero attached hydrogens (tertiary/aromatic N) is 1.